The number of nitrogens with zero attached hydrogens (tertiary/aromatic N) is 1. The Bertz CT molecular complexity index is 171. The molecule has 1 aliphatic carbocycles. The van der Waals surface area contributed by atoms with Crippen molar-refractivity contribution in [3.05, 3.63) is 0 Å². The fourth-order valence-electron chi connectivity index (χ4n) is 1.77. The third-order valence-electron chi connectivity index (χ3n) is 2.75. The van der Waals surface area contributed by atoms with E-state index < -0.39 is 0 Å². The third-order valence-corrected chi connectivity index (χ3v) is 2.75. The van der Waals surface area contributed by atoms with Gasteiger partial charge in [-0.05, 0) is 32.6 Å². The molecule has 0 aromatic rings. The summed E-state index contributed by atoms with van der Waals surface area (Å²) < 4.78 is 0. The van der Waals surface area contributed by atoms with Crippen molar-refractivity contribution in [3.63, 3.8) is 0 Å². The van der Waals surface area contributed by atoms with Gasteiger partial charge in [-0.25, -0.2) is 0 Å². The number of hydrogen-bond acceptors (Lipinski definition) is 2. The van der Waals surface area contributed by atoms with Gasteiger partial charge in [0.05, 0.1) is 6.07 Å². The maximum absolute atomic E-state index is 8.70. The molecule has 0 saturated heterocycles. The monoisotopic (exact) mass is 166 g/mol. The van der Waals surface area contributed by atoms with Crippen LogP contribution in [0, 0.1) is 17.2 Å². The topological polar surface area (TPSA) is 35.8 Å². The van der Waals surface area contributed by atoms with E-state index in [0.29, 0.717) is 18.0 Å². The van der Waals surface area contributed by atoms with Crippen molar-refractivity contribution in [2.24, 2.45) is 5.92 Å². The summed E-state index contributed by atoms with van der Waals surface area (Å²) in [5.74, 6) is 0.312. The van der Waals surface area contributed by atoms with Crippen LogP contribution in [-0.4, -0.2) is 12.1 Å². The molecule has 0 heterocycles. The lowest BCUT2D eigenvalue weighted by Crippen LogP contribution is -2.34. The zero-order valence-electron chi connectivity index (χ0n) is 8.01. The van der Waals surface area contributed by atoms with Crippen LogP contribution in [0.3, 0.4) is 0 Å². The lowest BCUT2D eigenvalue weighted by Gasteiger charge is -2.17. The molecular weight excluding hydrogens is 148 g/mol. The summed E-state index contributed by atoms with van der Waals surface area (Å²) >= 11 is 0. The summed E-state index contributed by atoms with van der Waals surface area (Å²) in [5, 5.41) is 12.2. The number of hydrogen-bond donors (Lipinski definition) is 1. The number of nitrogens with one attached hydrogen (secondary N) is 1. The second-order valence-corrected chi connectivity index (χ2v) is 3.81. The molecule has 0 aliphatic heterocycles. The van der Waals surface area contributed by atoms with E-state index in [0.717, 1.165) is 12.8 Å². The van der Waals surface area contributed by atoms with E-state index in [1.807, 2.05) is 0 Å². The van der Waals surface area contributed by atoms with Crippen molar-refractivity contribution < 1.29 is 0 Å². The normalized spacial score (nSPS) is 31.4. The Kier molecular flexibility index (Phi) is 3.55. The quantitative estimate of drug-likeness (QED) is 0.696. The molecule has 0 amide bonds. The Hall–Kier alpha value is -0.550. The highest BCUT2D eigenvalue weighted by Crippen LogP contribution is 2.24. The van der Waals surface area contributed by atoms with Crippen molar-refractivity contribution in [2.75, 3.05) is 0 Å². The minimum absolute atomic E-state index is 0.312. The van der Waals surface area contributed by atoms with Gasteiger partial charge < -0.3 is 5.32 Å². The molecule has 0 spiro atoms. The average Bonchev–Trinajstić information content (AvgIpc) is 2.52. The summed E-state index contributed by atoms with van der Waals surface area (Å²) in [4.78, 5) is 0. The molecule has 1 N–H and O–H groups in total. The fraction of sp³-hybridized carbons (Fsp3) is 0.900. The van der Waals surface area contributed by atoms with Crippen molar-refractivity contribution in [1.82, 2.24) is 5.32 Å². The molecule has 2 nitrogen and oxygen atoms in total. The summed E-state index contributed by atoms with van der Waals surface area (Å²) in [6.45, 7) is 4.40. The summed E-state index contributed by atoms with van der Waals surface area (Å²) in [6, 6.07) is 3.55. The molecule has 0 aromatic heterocycles. The molecule has 3 atom stereocenters. The molecule has 0 aromatic carbocycles. The second-order valence-electron chi connectivity index (χ2n) is 3.81. The molecule has 1 aliphatic rings. The van der Waals surface area contributed by atoms with Crippen LogP contribution in [0.4, 0.5) is 0 Å². The predicted molar refractivity (Wildman–Crippen MR) is 49.6 cm³/mol. The standard InChI is InChI=1S/C10H18N2/c1-3-8(2)12-10-5-4-9(6-10)7-11/h8-10,12H,3-6H2,1-2H3. The van der Waals surface area contributed by atoms with E-state index in [1.165, 1.54) is 12.8 Å². The lowest BCUT2D eigenvalue weighted by atomic mass is 10.1. The van der Waals surface area contributed by atoms with Gasteiger partial charge in [0.1, 0.15) is 0 Å². The van der Waals surface area contributed by atoms with Crippen LogP contribution in [0.2, 0.25) is 0 Å². The summed E-state index contributed by atoms with van der Waals surface area (Å²) in [7, 11) is 0. The highest BCUT2D eigenvalue weighted by molar-refractivity contribution is 4.93. The lowest BCUT2D eigenvalue weighted by molar-refractivity contribution is 0.437. The van der Waals surface area contributed by atoms with Crippen LogP contribution in [-0.2, 0) is 0 Å². The molecule has 1 saturated carbocycles. The van der Waals surface area contributed by atoms with Crippen LogP contribution < -0.4 is 5.32 Å². The smallest absolute Gasteiger partial charge is 0.0656 e. The van der Waals surface area contributed by atoms with Gasteiger partial charge in [0, 0.05) is 18.0 Å². The van der Waals surface area contributed by atoms with Gasteiger partial charge in [-0.2, -0.15) is 5.26 Å². The minimum Gasteiger partial charge on any atom is -0.311 e. The summed E-state index contributed by atoms with van der Waals surface area (Å²) in [5.41, 5.74) is 0. The predicted octanol–water partition coefficient (Wildman–Crippen LogP) is 2.07. The van der Waals surface area contributed by atoms with Gasteiger partial charge in [0.15, 0.2) is 0 Å². The molecule has 68 valence electrons. The van der Waals surface area contributed by atoms with E-state index in [1.54, 1.807) is 0 Å². The van der Waals surface area contributed by atoms with E-state index in [4.69, 9.17) is 5.26 Å². The highest BCUT2D eigenvalue weighted by Gasteiger charge is 2.24. The SMILES string of the molecule is CCC(C)NC1CCC(C#N)C1. The Morgan fingerprint density at radius 2 is 2.33 bits per heavy atom. The maximum Gasteiger partial charge on any atom is 0.0656 e. The first-order valence-corrected chi connectivity index (χ1v) is 4.92. The van der Waals surface area contributed by atoms with Gasteiger partial charge in [-0.3, -0.25) is 0 Å². The van der Waals surface area contributed by atoms with Crippen LogP contribution in [0.15, 0.2) is 0 Å². The van der Waals surface area contributed by atoms with Crippen molar-refractivity contribution >= 4 is 0 Å². The van der Waals surface area contributed by atoms with Gasteiger partial charge in [-0.1, -0.05) is 6.92 Å². The Balaban J connectivity index is 2.24. The fourth-order valence-corrected chi connectivity index (χ4v) is 1.77. The van der Waals surface area contributed by atoms with Crippen molar-refractivity contribution in [1.29, 1.82) is 5.26 Å². The highest BCUT2D eigenvalue weighted by atomic mass is 14.9. The average molecular weight is 166 g/mol. The van der Waals surface area contributed by atoms with Crippen LogP contribution in [0.1, 0.15) is 39.5 Å². The molecule has 1 fully saturated rings. The molecule has 12 heavy (non-hydrogen) atoms. The van der Waals surface area contributed by atoms with Gasteiger partial charge >= 0.3 is 0 Å². The number of rotatable bonds is 3. The van der Waals surface area contributed by atoms with Crippen LogP contribution in [0.5, 0.6) is 0 Å². The second kappa shape index (κ2) is 4.47. The van der Waals surface area contributed by atoms with Crippen LogP contribution in [0.25, 0.3) is 0 Å². The number of nitriles is 1. The van der Waals surface area contributed by atoms with Gasteiger partial charge in [0.25, 0.3) is 0 Å². The Morgan fingerprint density at radius 1 is 1.58 bits per heavy atom. The minimum atomic E-state index is 0.312. The molecule has 0 bridgehead atoms. The summed E-state index contributed by atoms with van der Waals surface area (Å²) in [6.07, 6.45) is 4.50. The van der Waals surface area contributed by atoms with Crippen molar-refractivity contribution in [2.45, 2.75) is 51.6 Å². The first kappa shape index (κ1) is 9.54. The molecule has 1 rings (SSSR count). The zero-order chi connectivity index (χ0) is 8.97. The molecule has 2 heteroatoms. The Labute approximate surface area is 75.0 Å². The van der Waals surface area contributed by atoms with Crippen molar-refractivity contribution in [3.8, 4) is 6.07 Å². The van der Waals surface area contributed by atoms with E-state index in [2.05, 4.69) is 25.2 Å². The van der Waals surface area contributed by atoms with E-state index >= 15 is 0 Å². The van der Waals surface area contributed by atoms with Crippen LogP contribution >= 0.6 is 0 Å². The first-order valence-electron chi connectivity index (χ1n) is 4.92. The first-order chi connectivity index (χ1) is 5.76. The zero-order valence-corrected chi connectivity index (χ0v) is 8.01. The van der Waals surface area contributed by atoms with Gasteiger partial charge in [-0.15, -0.1) is 0 Å². The molecule has 0 radical (unpaired) electrons. The molecule has 3 unspecified atom stereocenters. The van der Waals surface area contributed by atoms with E-state index in [9.17, 15) is 0 Å². The third kappa shape index (κ3) is 2.49. The molecular formula is C10H18N2. The van der Waals surface area contributed by atoms with E-state index in [-0.39, 0.29) is 0 Å². The maximum atomic E-state index is 8.70. The van der Waals surface area contributed by atoms with Gasteiger partial charge in [0.2, 0.25) is 0 Å². The Morgan fingerprint density at radius 3 is 2.83 bits per heavy atom. The largest absolute Gasteiger partial charge is 0.311 e.